The topological polar surface area (TPSA) is 67.4 Å². The lowest BCUT2D eigenvalue weighted by Gasteiger charge is -2.20. The Morgan fingerprint density at radius 1 is 1.00 bits per heavy atom. The summed E-state index contributed by atoms with van der Waals surface area (Å²) in [5, 5.41) is 5.10. The van der Waals surface area contributed by atoms with Crippen molar-refractivity contribution in [1.82, 2.24) is 0 Å². The van der Waals surface area contributed by atoms with Crippen LogP contribution in [0.1, 0.15) is 39.2 Å². The molecule has 0 bridgehead atoms. The summed E-state index contributed by atoms with van der Waals surface area (Å²) >= 11 is 0. The van der Waals surface area contributed by atoms with Crippen LogP contribution >= 0.6 is 0 Å². The number of anilines is 2. The van der Waals surface area contributed by atoms with Crippen LogP contribution in [0.2, 0.25) is 0 Å². The number of hydrogen-bond donors (Lipinski definition) is 2. The highest BCUT2D eigenvalue weighted by atomic mass is 19.1. The molecular formula is C21H22F2N2O3. The lowest BCUT2D eigenvalue weighted by molar-refractivity contribution is -0.118. The standard InChI is InChI=1S/C21H22F2N2O3/c1-20(2,3)28-19(27)25-17-12-15(8-9-16(17)23)24-18(26)21(10-11-21)13-4-6-14(22)7-5-13/h4-9,12H,10-11H2,1-3H3,(H,24,26)(H,25,27). The van der Waals surface area contributed by atoms with Gasteiger partial charge in [0.05, 0.1) is 11.1 Å². The van der Waals surface area contributed by atoms with Crippen LogP contribution in [0.4, 0.5) is 25.0 Å². The maximum Gasteiger partial charge on any atom is 0.412 e. The number of rotatable bonds is 4. The Balaban J connectivity index is 1.73. The second kappa shape index (κ2) is 7.22. The molecule has 0 aliphatic heterocycles. The minimum atomic E-state index is -0.792. The molecule has 1 aliphatic carbocycles. The van der Waals surface area contributed by atoms with Crippen molar-refractivity contribution in [3.8, 4) is 0 Å². The molecule has 2 amide bonds. The first kappa shape index (κ1) is 19.8. The quantitative estimate of drug-likeness (QED) is 0.776. The van der Waals surface area contributed by atoms with Gasteiger partial charge in [-0.1, -0.05) is 12.1 Å². The number of benzene rings is 2. The molecule has 148 valence electrons. The lowest BCUT2D eigenvalue weighted by atomic mass is 9.95. The van der Waals surface area contributed by atoms with Crippen LogP contribution in [-0.2, 0) is 14.9 Å². The molecule has 1 aliphatic rings. The normalized spacial score (nSPS) is 14.9. The minimum Gasteiger partial charge on any atom is -0.444 e. The van der Waals surface area contributed by atoms with E-state index in [2.05, 4.69) is 10.6 Å². The van der Waals surface area contributed by atoms with Gasteiger partial charge in [0, 0.05) is 5.69 Å². The number of carbonyl (C=O) groups excluding carboxylic acids is 2. The molecule has 0 radical (unpaired) electrons. The molecule has 0 saturated heterocycles. The predicted molar refractivity (Wildman–Crippen MR) is 102 cm³/mol. The van der Waals surface area contributed by atoms with Crippen molar-refractivity contribution in [3.05, 3.63) is 59.7 Å². The third-order valence-electron chi connectivity index (χ3n) is 4.44. The van der Waals surface area contributed by atoms with Crippen LogP contribution in [-0.4, -0.2) is 17.6 Å². The van der Waals surface area contributed by atoms with Crippen molar-refractivity contribution in [3.63, 3.8) is 0 Å². The molecule has 0 heterocycles. The maximum absolute atomic E-state index is 14.0. The van der Waals surface area contributed by atoms with E-state index in [0.29, 0.717) is 18.5 Å². The van der Waals surface area contributed by atoms with E-state index in [1.165, 1.54) is 24.3 Å². The number of ether oxygens (including phenoxy) is 1. The summed E-state index contributed by atoms with van der Waals surface area (Å²) in [7, 11) is 0. The van der Waals surface area contributed by atoms with Gasteiger partial charge in [-0.05, 0) is 69.5 Å². The molecule has 0 unspecified atom stereocenters. The fourth-order valence-corrected chi connectivity index (χ4v) is 2.90. The Bertz CT molecular complexity index is 901. The first-order valence-corrected chi connectivity index (χ1v) is 8.96. The van der Waals surface area contributed by atoms with E-state index in [4.69, 9.17) is 4.74 Å². The second-order valence-corrected chi connectivity index (χ2v) is 7.86. The van der Waals surface area contributed by atoms with Crippen molar-refractivity contribution in [1.29, 1.82) is 0 Å². The van der Waals surface area contributed by atoms with Gasteiger partial charge in [0.1, 0.15) is 17.2 Å². The van der Waals surface area contributed by atoms with Gasteiger partial charge in [-0.15, -0.1) is 0 Å². The zero-order valence-electron chi connectivity index (χ0n) is 15.9. The maximum atomic E-state index is 14.0. The fourth-order valence-electron chi connectivity index (χ4n) is 2.90. The van der Waals surface area contributed by atoms with E-state index in [9.17, 15) is 18.4 Å². The van der Waals surface area contributed by atoms with E-state index in [1.807, 2.05) is 0 Å². The third kappa shape index (κ3) is 4.47. The van der Waals surface area contributed by atoms with Gasteiger partial charge in [0.25, 0.3) is 0 Å². The third-order valence-corrected chi connectivity index (χ3v) is 4.44. The average molecular weight is 388 g/mol. The lowest BCUT2D eigenvalue weighted by Crippen LogP contribution is -2.28. The molecule has 3 rings (SSSR count). The monoisotopic (exact) mass is 388 g/mol. The summed E-state index contributed by atoms with van der Waals surface area (Å²) in [5.41, 5.74) is -0.453. The number of hydrogen-bond acceptors (Lipinski definition) is 3. The Kier molecular flexibility index (Phi) is 5.10. The summed E-state index contributed by atoms with van der Waals surface area (Å²) in [6.45, 7) is 5.10. The van der Waals surface area contributed by atoms with Crippen molar-refractivity contribution >= 4 is 23.4 Å². The van der Waals surface area contributed by atoms with Crippen LogP contribution in [0.25, 0.3) is 0 Å². The Morgan fingerprint density at radius 2 is 1.64 bits per heavy atom. The van der Waals surface area contributed by atoms with Crippen LogP contribution in [0.3, 0.4) is 0 Å². The van der Waals surface area contributed by atoms with E-state index >= 15 is 0 Å². The number of nitrogens with one attached hydrogen (secondary N) is 2. The highest BCUT2D eigenvalue weighted by molar-refractivity contribution is 6.02. The molecule has 0 atom stereocenters. The molecule has 2 aromatic carbocycles. The first-order chi connectivity index (χ1) is 13.1. The molecule has 7 heteroatoms. The van der Waals surface area contributed by atoms with Crippen molar-refractivity contribution in [2.75, 3.05) is 10.6 Å². The van der Waals surface area contributed by atoms with Gasteiger partial charge in [0.2, 0.25) is 5.91 Å². The predicted octanol–water partition coefficient (Wildman–Crippen LogP) is 4.98. The Morgan fingerprint density at radius 3 is 2.21 bits per heavy atom. The van der Waals surface area contributed by atoms with Gasteiger partial charge in [-0.2, -0.15) is 0 Å². The van der Waals surface area contributed by atoms with E-state index in [1.54, 1.807) is 32.9 Å². The Hall–Kier alpha value is -2.96. The van der Waals surface area contributed by atoms with E-state index in [0.717, 1.165) is 11.6 Å². The summed E-state index contributed by atoms with van der Waals surface area (Å²) in [4.78, 5) is 24.7. The van der Waals surface area contributed by atoms with Crippen LogP contribution < -0.4 is 10.6 Å². The van der Waals surface area contributed by atoms with Gasteiger partial charge in [0.15, 0.2) is 0 Å². The molecule has 0 spiro atoms. The smallest absolute Gasteiger partial charge is 0.412 e. The van der Waals surface area contributed by atoms with Gasteiger partial charge < -0.3 is 10.1 Å². The van der Waals surface area contributed by atoms with Crippen LogP contribution in [0.5, 0.6) is 0 Å². The van der Waals surface area contributed by atoms with Crippen molar-refractivity contribution in [2.24, 2.45) is 0 Å². The summed E-state index contributed by atoms with van der Waals surface area (Å²) in [6.07, 6.45) is 0.503. The molecule has 2 aromatic rings. The summed E-state index contributed by atoms with van der Waals surface area (Å²) < 4.78 is 32.3. The zero-order valence-corrected chi connectivity index (χ0v) is 15.9. The molecule has 1 saturated carbocycles. The highest BCUT2D eigenvalue weighted by Crippen LogP contribution is 2.49. The average Bonchev–Trinajstić information content (AvgIpc) is 3.39. The number of carbonyl (C=O) groups is 2. The number of amides is 2. The van der Waals surface area contributed by atoms with Crippen LogP contribution in [0.15, 0.2) is 42.5 Å². The van der Waals surface area contributed by atoms with E-state index in [-0.39, 0.29) is 17.4 Å². The highest BCUT2D eigenvalue weighted by Gasteiger charge is 2.51. The molecule has 2 N–H and O–H groups in total. The molecule has 5 nitrogen and oxygen atoms in total. The van der Waals surface area contributed by atoms with Gasteiger partial charge in [-0.25, -0.2) is 13.6 Å². The molecular weight excluding hydrogens is 366 g/mol. The zero-order chi connectivity index (χ0) is 20.5. The largest absolute Gasteiger partial charge is 0.444 e. The second-order valence-electron chi connectivity index (χ2n) is 7.86. The van der Waals surface area contributed by atoms with Crippen LogP contribution in [0, 0.1) is 11.6 Å². The molecule has 28 heavy (non-hydrogen) atoms. The SMILES string of the molecule is CC(C)(C)OC(=O)Nc1cc(NC(=O)C2(c3ccc(F)cc3)CC2)ccc1F. The molecule has 1 fully saturated rings. The summed E-state index contributed by atoms with van der Waals surface area (Å²) in [5.74, 6) is -1.27. The summed E-state index contributed by atoms with van der Waals surface area (Å²) in [6, 6.07) is 9.74. The first-order valence-electron chi connectivity index (χ1n) is 8.96. The molecule has 0 aromatic heterocycles. The minimum absolute atomic E-state index is 0.0984. The Labute approximate surface area is 162 Å². The van der Waals surface area contributed by atoms with Gasteiger partial charge in [-0.3, -0.25) is 10.1 Å². The van der Waals surface area contributed by atoms with Crippen molar-refractivity contribution < 1.29 is 23.1 Å². The van der Waals surface area contributed by atoms with Gasteiger partial charge >= 0.3 is 6.09 Å². The number of halogens is 2. The van der Waals surface area contributed by atoms with E-state index < -0.39 is 22.9 Å². The fraction of sp³-hybridized carbons (Fsp3) is 0.333. The van der Waals surface area contributed by atoms with Crippen molar-refractivity contribution in [2.45, 2.75) is 44.6 Å².